The highest BCUT2D eigenvalue weighted by Crippen LogP contribution is 2.32. The maximum Gasteiger partial charge on any atom is 0.310 e. The predicted molar refractivity (Wildman–Crippen MR) is 72.6 cm³/mol. The molecule has 0 spiro atoms. The zero-order chi connectivity index (χ0) is 14.4. The second-order valence-corrected chi connectivity index (χ2v) is 4.40. The van der Waals surface area contributed by atoms with Gasteiger partial charge in [0.25, 0.3) is 0 Å². The lowest BCUT2D eigenvalue weighted by atomic mass is 9.92. The van der Waals surface area contributed by atoms with Crippen molar-refractivity contribution in [1.29, 1.82) is 0 Å². The number of hydrogen-bond acceptors (Lipinski definition) is 4. The van der Waals surface area contributed by atoms with E-state index in [0.717, 1.165) is 12.0 Å². The molecule has 1 rings (SSSR count). The van der Waals surface area contributed by atoms with Gasteiger partial charge in [-0.15, -0.1) is 0 Å². The van der Waals surface area contributed by atoms with Crippen LogP contribution in [0.3, 0.4) is 0 Å². The van der Waals surface area contributed by atoms with Gasteiger partial charge in [0, 0.05) is 12.0 Å². The lowest BCUT2D eigenvalue weighted by molar-refractivity contribution is -0.385. The molecule has 1 atom stereocenters. The van der Waals surface area contributed by atoms with Gasteiger partial charge in [-0.05, 0) is 31.4 Å². The molecule has 104 valence electrons. The van der Waals surface area contributed by atoms with Crippen LogP contribution < -0.4 is 4.74 Å². The summed E-state index contributed by atoms with van der Waals surface area (Å²) in [5.74, 6) is 0.0617. The largest absolute Gasteiger partial charge is 0.487 e. The third kappa shape index (κ3) is 3.77. The Labute approximate surface area is 112 Å². The maximum absolute atomic E-state index is 11.5. The van der Waals surface area contributed by atoms with Crippen molar-refractivity contribution in [2.75, 3.05) is 6.61 Å². The molecule has 0 aliphatic rings. The highest BCUT2D eigenvalue weighted by Gasteiger charge is 2.20. The van der Waals surface area contributed by atoms with Gasteiger partial charge in [0.2, 0.25) is 0 Å². The van der Waals surface area contributed by atoms with Gasteiger partial charge in [-0.2, -0.15) is 0 Å². The van der Waals surface area contributed by atoms with Crippen molar-refractivity contribution in [3.63, 3.8) is 0 Å². The zero-order valence-corrected chi connectivity index (χ0v) is 11.5. The van der Waals surface area contributed by atoms with Crippen molar-refractivity contribution in [3.05, 3.63) is 33.9 Å². The first-order valence-electron chi connectivity index (χ1n) is 6.42. The summed E-state index contributed by atoms with van der Waals surface area (Å²) in [4.78, 5) is 22.0. The summed E-state index contributed by atoms with van der Waals surface area (Å²) < 4.78 is 5.41. The van der Waals surface area contributed by atoms with E-state index in [2.05, 4.69) is 0 Å². The lowest BCUT2D eigenvalue weighted by Crippen LogP contribution is -2.08. The molecule has 1 unspecified atom stereocenters. The van der Waals surface area contributed by atoms with Crippen LogP contribution in [0.1, 0.15) is 45.1 Å². The number of ether oxygens (including phenoxy) is 1. The summed E-state index contributed by atoms with van der Waals surface area (Å²) in [5, 5.41) is 10.9. The molecular weight excluding hydrogens is 246 g/mol. The number of nitro benzene ring substituents is 1. The molecule has 0 fully saturated rings. The average Bonchev–Trinajstić information content (AvgIpc) is 2.36. The second-order valence-electron chi connectivity index (χ2n) is 4.40. The first kappa shape index (κ1) is 15.1. The number of carbonyl (C=O) groups excluding carboxylic acids is 1. The number of ketones is 1. The van der Waals surface area contributed by atoms with Crippen molar-refractivity contribution < 1.29 is 14.5 Å². The molecule has 0 saturated heterocycles. The first-order chi connectivity index (χ1) is 9.01. The summed E-state index contributed by atoms with van der Waals surface area (Å²) in [5.41, 5.74) is 0.710. The molecule has 1 aromatic carbocycles. The molecule has 0 aliphatic carbocycles. The van der Waals surface area contributed by atoms with Crippen LogP contribution in [0.15, 0.2) is 18.2 Å². The second kappa shape index (κ2) is 6.87. The average molecular weight is 265 g/mol. The first-order valence-corrected chi connectivity index (χ1v) is 6.42. The number of carbonyl (C=O) groups is 1. The maximum atomic E-state index is 11.5. The lowest BCUT2D eigenvalue weighted by Gasteiger charge is -2.13. The molecule has 19 heavy (non-hydrogen) atoms. The van der Waals surface area contributed by atoms with E-state index in [1.165, 1.54) is 13.0 Å². The number of hydrogen-bond donors (Lipinski definition) is 0. The van der Waals surface area contributed by atoms with Crippen molar-refractivity contribution in [2.24, 2.45) is 0 Å². The highest BCUT2D eigenvalue weighted by molar-refractivity contribution is 5.83. The molecule has 0 aliphatic heterocycles. The van der Waals surface area contributed by atoms with Crippen LogP contribution in [0.25, 0.3) is 0 Å². The number of nitrogens with zero attached hydrogens (tertiary/aromatic N) is 1. The van der Waals surface area contributed by atoms with Gasteiger partial charge in [0.05, 0.1) is 11.5 Å². The van der Waals surface area contributed by atoms with Gasteiger partial charge in [0.1, 0.15) is 5.78 Å². The van der Waals surface area contributed by atoms with Crippen molar-refractivity contribution in [2.45, 2.75) is 39.5 Å². The Kier molecular flexibility index (Phi) is 5.48. The van der Waals surface area contributed by atoms with Gasteiger partial charge >= 0.3 is 5.69 Å². The fraction of sp³-hybridized carbons (Fsp3) is 0.500. The van der Waals surface area contributed by atoms with Crippen LogP contribution in [0.4, 0.5) is 5.69 Å². The van der Waals surface area contributed by atoms with Crippen LogP contribution in [-0.2, 0) is 4.79 Å². The molecule has 0 saturated carbocycles. The van der Waals surface area contributed by atoms with E-state index in [0.29, 0.717) is 13.0 Å². The Morgan fingerprint density at radius 1 is 1.42 bits per heavy atom. The SMILES string of the molecule is CCCOc1cc(C(CC)C(C)=O)ccc1[N+](=O)[O-]. The Balaban J connectivity index is 3.16. The number of Topliss-reactive ketones (excluding diaryl/α,β-unsaturated/α-hetero) is 1. The molecular formula is C14H19NO4. The topological polar surface area (TPSA) is 69.4 Å². The quantitative estimate of drug-likeness (QED) is 0.559. The molecule has 0 bridgehead atoms. The number of benzene rings is 1. The van der Waals surface area contributed by atoms with Gasteiger partial charge in [0.15, 0.2) is 5.75 Å². The van der Waals surface area contributed by atoms with Crippen LogP contribution >= 0.6 is 0 Å². The molecule has 1 aromatic rings. The van der Waals surface area contributed by atoms with E-state index >= 15 is 0 Å². The number of rotatable bonds is 7. The van der Waals surface area contributed by atoms with E-state index in [-0.39, 0.29) is 23.1 Å². The van der Waals surface area contributed by atoms with Crippen molar-refractivity contribution >= 4 is 11.5 Å². The van der Waals surface area contributed by atoms with E-state index in [1.807, 2.05) is 13.8 Å². The van der Waals surface area contributed by atoms with Crippen LogP contribution in [-0.4, -0.2) is 17.3 Å². The molecule has 0 amide bonds. The molecule has 0 radical (unpaired) electrons. The molecule has 0 aromatic heterocycles. The van der Waals surface area contributed by atoms with E-state index in [4.69, 9.17) is 4.74 Å². The summed E-state index contributed by atoms with van der Waals surface area (Å²) >= 11 is 0. The fourth-order valence-corrected chi connectivity index (χ4v) is 1.98. The molecule has 5 heteroatoms. The smallest absolute Gasteiger partial charge is 0.310 e. The normalized spacial score (nSPS) is 11.9. The Morgan fingerprint density at radius 3 is 2.58 bits per heavy atom. The van der Waals surface area contributed by atoms with Crippen LogP contribution in [0, 0.1) is 10.1 Å². The number of nitro groups is 1. The summed E-state index contributed by atoms with van der Waals surface area (Å²) in [6.45, 7) is 5.80. The minimum absolute atomic E-state index is 0.0535. The third-order valence-electron chi connectivity index (χ3n) is 2.94. The van der Waals surface area contributed by atoms with Gasteiger partial charge in [-0.3, -0.25) is 14.9 Å². The Morgan fingerprint density at radius 2 is 2.11 bits per heavy atom. The Bertz CT molecular complexity index is 471. The fourth-order valence-electron chi connectivity index (χ4n) is 1.98. The zero-order valence-electron chi connectivity index (χ0n) is 11.5. The van der Waals surface area contributed by atoms with Gasteiger partial charge in [-0.25, -0.2) is 0 Å². The molecule has 0 N–H and O–H groups in total. The minimum atomic E-state index is -0.469. The monoisotopic (exact) mass is 265 g/mol. The Hall–Kier alpha value is -1.91. The summed E-state index contributed by atoms with van der Waals surface area (Å²) in [7, 11) is 0. The third-order valence-corrected chi connectivity index (χ3v) is 2.94. The predicted octanol–water partition coefficient (Wildman–Crippen LogP) is 3.47. The van der Waals surface area contributed by atoms with Crippen LogP contribution in [0.2, 0.25) is 0 Å². The van der Waals surface area contributed by atoms with Crippen LogP contribution in [0.5, 0.6) is 5.75 Å². The van der Waals surface area contributed by atoms with Crippen molar-refractivity contribution in [1.82, 2.24) is 0 Å². The summed E-state index contributed by atoms with van der Waals surface area (Å²) in [6.07, 6.45) is 1.44. The standard InChI is InChI=1S/C14H19NO4/c1-4-8-19-14-9-11(12(5-2)10(3)16)6-7-13(14)15(17)18/h6-7,9,12H,4-5,8H2,1-3H3. The van der Waals surface area contributed by atoms with Crippen molar-refractivity contribution in [3.8, 4) is 5.75 Å². The minimum Gasteiger partial charge on any atom is -0.487 e. The summed E-state index contributed by atoms with van der Waals surface area (Å²) in [6, 6.07) is 4.65. The van der Waals surface area contributed by atoms with E-state index < -0.39 is 4.92 Å². The molecule has 0 heterocycles. The van der Waals surface area contributed by atoms with E-state index in [1.54, 1.807) is 12.1 Å². The van der Waals surface area contributed by atoms with Gasteiger partial charge < -0.3 is 4.74 Å². The highest BCUT2D eigenvalue weighted by atomic mass is 16.6. The van der Waals surface area contributed by atoms with Gasteiger partial charge in [-0.1, -0.05) is 19.9 Å². The molecule has 5 nitrogen and oxygen atoms in total. The van der Waals surface area contributed by atoms with E-state index in [9.17, 15) is 14.9 Å².